The van der Waals surface area contributed by atoms with Crippen LogP contribution >= 0.6 is 0 Å². The van der Waals surface area contributed by atoms with Crippen molar-refractivity contribution in [3.63, 3.8) is 0 Å². The predicted molar refractivity (Wildman–Crippen MR) is 185 cm³/mol. The maximum Gasteiger partial charge on any atom is 0.302 e. The number of aliphatic imine (C=N–C) groups is 4. The molecule has 4 heterocycles. The van der Waals surface area contributed by atoms with Crippen LogP contribution in [0.1, 0.15) is 25.0 Å². The molecule has 1 aromatic carbocycles. The summed E-state index contributed by atoms with van der Waals surface area (Å²) in [5.41, 5.74) is 2.19. The van der Waals surface area contributed by atoms with Crippen molar-refractivity contribution >= 4 is 23.8 Å². The first kappa shape index (κ1) is 32.8. The molecule has 12 heteroatoms. The second-order valence-corrected chi connectivity index (χ2v) is 14.4. The Morgan fingerprint density at radius 3 is 1.64 bits per heavy atom. The average Bonchev–Trinajstić information content (AvgIpc) is 3.69. The van der Waals surface area contributed by atoms with Crippen molar-refractivity contribution in [2.45, 2.75) is 33.1 Å². The van der Waals surface area contributed by atoms with E-state index in [1.54, 1.807) is 0 Å². The summed E-state index contributed by atoms with van der Waals surface area (Å²) in [5.74, 6) is 4.27. The first-order chi connectivity index (χ1) is 21.3. The third kappa shape index (κ3) is 6.85. The van der Waals surface area contributed by atoms with Gasteiger partial charge in [0.05, 0.1) is 38.6 Å². The normalized spacial score (nSPS) is 24.3. The lowest BCUT2D eigenvalue weighted by Crippen LogP contribution is -2.61. The van der Waals surface area contributed by atoms with E-state index in [-0.39, 0.29) is 11.6 Å². The molecule has 0 saturated carbocycles. The lowest BCUT2D eigenvalue weighted by Gasteiger charge is -2.42. The van der Waals surface area contributed by atoms with Crippen LogP contribution in [0.2, 0.25) is 0 Å². The van der Waals surface area contributed by atoms with E-state index >= 15 is 0 Å². The van der Waals surface area contributed by atoms with Gasteiger partial charge in [0, 0.05) is 88.6 Å². The van der Waals surface area contributed by atoms with Crippen LogP contribution < -0.4 is 0 Å². The van der Waals surface area contributed by atoms with Crippen molar-refractivity contribution < 1.29 is 4.48 Å². The Bertz CT molecular complexity index is 1300. The third-order valence-electron chi connectivity index (χ3n) is 9.96. The summed E-state index contributed by atoms with van der Waals surface area (Å²) in [7, 11) is 17.3. The first-order valence-corrected chi connectivity index (χ1v) is 16.4. The summed E-state index contributed by atoms with van der Waals surface area (Å²) in [6, 6.07) is 8.75. The lowest BCUT2D eigenvalue weighted by molar-refractivity contribution is -0.849. The van der Waals surface area contributed by atoms with Crippen LogP contribution in [-0.2, 0) is 13.1 Å². The second-order valence-electron chi connectivity index (χ2n) is 14.4. The van der Waals surface area contributed by atoms with Gasteiger partial charge in [-0.05, 0) is 11.1 Å². The van der Waals surface area contributed by atoms with Crippen molar-refractivity contribution in [1.29, 1.82) is 0 Å². The largest absolute Gasteiger partial charge is 0.344 e. The van der Waals surface area contributed by atoms with E-state index in [4.69, 9.17) is 20.0 Å². The fourth-order valence-electron chi connectivity index (χ4n) is 7.21. The van der Waals surface area contributed by atoms with Gasteiger partial charge in [-0.3, -0.25) is 4.99 Å². The van der Waals surface area contributed by atoms with Gasteiger partial charge in [-0.1, -0.05) is 38.1 Å². The Hall–Kier alpha value is -3.54. The van der Waals surface area contributed by atoms with Crippen molar-refractivity contribution in [3.8, 4) is 0 Å². The Kier molecular flexibility index (Phi) is 9.53. The predicted octanol–water partition coefficient (Wildman–Crippen LogP) is 1.49. The standard InChI is InChI=1S/C33H57N12/c1-33(2,25-36-30-40(5)16-17-41(30)6)28(37-31-42(7)18-19-43(31)8)45(10)21-20-44(9)32(45)35-24-27-13-11-12-26(22-27)23-34-29-38(3)14-15-39(29)4/h11-13,22,28H,14-21,23-25H2,1-10H3/q+1. The summed E-state index contributed by atoms with van der Waals surface area (Å²) in [4.78, 5) is 36.9. The zero-order valence-electron chi connectivity index (χ0n) is 29.5. The van der Waals surface area contributed by atoms with Crippen LogP contribution in [-0.4, -0.2) is 184 Å². The highest BCUT2D eigenvalue weighted by atomic mass is 15.6. The number of hydrogen-bond acceptors (Lipinski definition) is 4. The molecule has 0 spiro atoms. The summed E-state index contributed by atoms with van der Waals surface area (Å²) < 4.78 is 0.650. The molecule has 0 amide bonds. The van der Waals surface area contributed by atoms with E-state index in [0.717, 1.165) is 76.2 Å². The van der Waals surface area contributed by atoms with Crippen LogP contribution in [0.3, 0.4) is 0 Å². The molecule has 45 heavy (non-hydrogen) atoms. The summed E-state index contributed by atoms with van der Waals surface area (Å²) in [5, 5.41) is 0. The maximum atomic E-state index is 5.59. The molecule has 0 radical (unpaired) electrons. The second kappa shape index (κ2) is 13.1. The topological polar surface area (TPSA) is 72.1 Å². The molecule has 0 bridgehead atoms. The van der Waals surface area contributed by atoms with E-state index < -0.39 is 0 Å². The summed E-state index contributed by atoms with van der Waals surface area (Å²) in [6.45, 7) is 14.6. The molecule has 1 aromatic rings. The molecule has 0 N–H and O–H groups in total. The van der Waals surface area contributed by atoms with Gasteiger partial charge in [-0.2, -0.15) is 4.99 Å². The third-order valence-corrected chi connectivity index (χ3v) is 9.96. The molecule has 0 aromatic heterocycles. The van der Waals surface area contributed by atoms with Crippen LogP contribution in [0.25, 0.3) is 0 Å². The van der Waals surface area contributed by atoms with Crippen LogP contribution in [0.4, 0.5) is 0 Å². The van der Waals surface area contributed by atoms with E-state index in [2.05, 4.69) is 129 Å². The number of nitrogens with zero attached hydrogens (tertiary/aromatic N) is 12. The molecule has 4 aliphatic heterocycles. The Morgan fingerprint density at radius 1 is 0.644 bits per heavy atom. The minimum absolute atomic E-state index is 0.0666. The molecular formula is C33H57N12+. The first-order valence-electron chi connectivity index (χ1n) is 16.4. The highest BCUT2D eigenvalue weighted by molar-refractivity contribution is 5.83. The quantitative estimate of drug-likeness (QED) is 0.387. The molecule has 4 aliphatic rings. The molecule has 4 saturated heterocycles. The van der Waals surface area contributed by atoms with Crippen molar-refractivity contribution in [3.05, 3.63) is 35.4 Å². The molecule has 248 valence electrons. The van der Waals surface area contributed by atoms with E-state index in [0.29, 0.717) is 24.1 Å². The summed E-state index contributed by atoms with van der Waals surface area (Å²) >= 11 is 0. The van der Waals surface area contributed by atoms with Crippen molar-refractivity contribution in [1.82, 2.24) is 34.3 Å². The molecule has 4 fully saturated rings. The minimum Gasteiger partial charge on any atom is -0.344 e. The molecule has 5 rings (SSSR count). The fraction of sp³-hybridized carbons (Fsp3) is 0.697. The van der Waals surface area contributed by atoms with E-state index in [1.807, 2.05) is 0 Å². The van der Waals surface area contributed by atoms with Gasteiger partial charge in [-0.15, -0.1) is 0 Å². The van der Waals surface area contributed by atoms with Gasteiger partial charge < -0.3 is 34.3 Å². The minimum atomic E-state index is -0.227. The summed E-state index contributed by atoms with van der Waals surface area (Å²) in [6.07, 6.45) is -0.0666. The molecule has 2 atom stereocenters. The molecular weight excluding hydrogens is 564 g/mol. The number of quaternary nitrogens is 1. The molecule has 12 nitrogen and oxygen atoms in total. The van der Waals surface area contributed by atoms with Gasteiger partial charge >= 0.3 is 5.96 Å². The highest BCUT2D eigenvalue weighted by Gasteiger charge is 2.52. The number of hydrogen-bond donors (Lipinski definition) is 0. The lowest BCUT2D eigenvalue weighted by atomic mass is 9.87. The van der Waals surface area contributed by atoms with Crippen molar-refractivity contribution in [2.75, 3.05) is 115 Å². The monoisotopic (exact) mass is 621 g/mol. The zero-order chi connectivity index (χ0) is 32.5. The van der Waals surface area contributed by atoms with Gasteiger partial charge in [0.2, 0.25) is 5.96 Å². The van der Waals surface area contributed by atoms with Crippen LogP contribution in [0, 0.1) is 5.41 Å². The Balaban J connectivity index is 1.44. The number of rotatable bonds is 9. The highest BCUT2D eigenvalue weighted by Crippen LogP contribution is 2.36. The molecule has 2 unspecified atom stereocenters. The van der Waals surface area contributed by atoms with E-state index in [9.17, 15) is 0 Å². The number of benzene rings is 1. The van der Waals surface area contributed by atoms with E-state index in [1.165, 1.54) is 11.1 Å². The number of guanidine groups is 4. The Labute approximate surface area is 271 Å². The van der Waals surface area contributed by atoms with Gasteiger partial charge in [0.1, 0.15) is 6.54 Å². The SMILES string of the molecule is CN1CCN(C)C1=NCc1cccc(CN=C2N(C)CC[N+]2(C)C(N=C2N(C)CCN2C)C(C)(C)CN=C2N(C)CCN2C)c1. The Morgan fingerprint density at radius 2 is 1.11 bits per heavy atom. The van der Waals surface area contributed by atoms with Gasteiger partial charge in [0.15, 0.2) is 18.1 Å². The number of likely N-dealkylation sites (N-methyl/N-ethyl adjacent to an activating group) is 8. The zero-order valence-corrected chi connectivity index (χ0v) is 29.5. The maximum absolute atomic E-state index is 5.59. The molecule has 0 aliphatic carbocycles. The van der Waals surface area contributed by atoms with Crippen LogP contribution in [0.15, 0.2) is 44.2 Å². The average molecular weight is 622 g/mol. The van der Waals surface area contributed by atoms with Crippen LogP contribution in [0.5, 0.6) is 0 Å². The van der Waals surface area contributed by atoms with Gasteiger partial charge in [-0.25, -0.2) is 14.5 Å². The smallest absolute Gasteiger partial charge is 0.302 e. The fourth-order valence-corrected chi connectivity index (χ4v) is 7.21. The van der Waals surface area contributed by atoms with Crippen molar-refractivity contribution in [2.24, 2.45) is 25.4 Å². The van der Waals surface area contributed by atoms with Gasteiger partial charge in [0.25, 0.3) is 0 Å².